The average Bonchev–Trinajstić information content (AvgIpc) is 2.62. The van der Waals surface area contributed by atoms with Crippen molar-refractivity contribution < 1.29 is 9.90 Å². The zero-order chi connectivity index (χ0) is 11.7. The molecule has 3 heteroatoms. The molecule has 1 aliphatic rings. The summed E-state index contributed by atoms with van der Waals surface area (Å²) in [7, 11) is 0. The molecule has 1 saturated heterocycles. The lowest BCUT2D eigenvalue weighted by Gasteiger charge is -2.16. The first-order valence-corrected chi connectivity index (χ1v) is 5.62. The molecule has 0 unspecified atom stereocenters. The quantitative estimate of drug-likeness (QED) is 0.777. The molecule has 0 aromatic heterocycles. The fraction of sp³-hybridized carbons (Fsp3) is 0.462. The average molecular weight is 219 g/mol. The molecule has 2 rings (SSSR count). The van der Waals surface area contributed by atoms with Crippen molar-refractivity contribution in [2.75, 3.05) is 13.1 Å². The van der Waals surface area contributed by atoms with Gasteiger partial charge in [0.15, 0.2) is 0 Å². The van der Waals surface area contributed by atoms with Gasteiger partial charge >= 0.3 is 0 Å². The number of carbonyl (C=O) groups excluding carboxylic acids is 1. The Morgan fingerprint density at radius 1 is 1.31 bits per heavy atom. The highest BCUT2D eigenvalue weighted by Gasteiger charge is 2.25. The summed E-state index contributed by atoms with van der Waals surface area (Å²) in [6, 6.07) is 5.86. The van der Waals surface area contributed by atoms with E-state index in [0.29, 0.717) is 19.5 Å². The molecular formula is C13H17NO2. The van der Waals surface area contributed by atoms with Crippen molar-refractivity contribution in [3.63, 3.8) is 0 Å². The van der Waals surface area contributed by atoms with E-state index in [2.05, 4.69) is 6.07 Å². The lowest BCUT2D eigenvalue weighted by atomic mass is 10.1. The van der Waals surface area contributed by atoms with Crippen LogP contribution in [0.1, 0.15) is 27.9 Å². The van der Waals surface area contributed by atoms with Gasteiger partial charge in [-0.05, 0) is 32.4 Å². The molecule has 1 heterocycles. The number of likely N-dealkylation sites (tertiary alicyclic amines) is 1. The first-order chi connectivity index (χ1) is 7.56. The Hall–Kier alpha value is -1.35. The Bertz CT molecular complexity index is 394. The van der Waals surface area contributed by atoms with E-state index >= 15 is 0 Å². The molecular weight excluding hydrogens is 202 g/mol. The van der Waals surface area contributed by atoms with E-state index in [1.807, 2.05) is 26.0 Å². The summed E-state index contributed by atoms with van der Waals surface area (Å²) in [4.78, 5) is 13.8. The molecule has 3 nitrogen and oxygen atoms in total. The predicted octanol–water partition coefficient (Wildman–Crippen LogP) is 1.51. The Morgan fingerprint density at radius 2 is 1.94 bits per heavy atom. The summed E-state index contributed by atoms with van der Waals surface area (Å²) in [6.07, 6.45) is 0.339. The second-order valence-electron chi connectivity index (χ2n) is 4.57. The summed E-state index contributed by atoms with van der Waals surface area (Å²) in [5.41, 5.74) is 2.93. The summed E-state index contributed by atoms with van der Waals surface area (Å²) in [5, 5.41) is 9.41. The van der Waals surface area contributed by atoms with Crippen LogP contribution in [0.2, 0.25) is 0 Å². The summed E-state index contributed by atoms with van der Waals surface area (Å²) < 4.78 is 0. The van der Waals surface area contributed by atoms with Gasteiger partial charge < -0.3 is 10.0 Å². The van der Waals surface area contributed by atoms with Gasteiger partial charge in [0.05, 0.1) is 6.10 Å². The molecule has 0 aliphatic carbocycles. The first kappa shape index (κ1) is 11.1. The van der Waals surface area contributed by atoms with Crippen LogP contribution in [0.25, 0.3) is 0 Å². The van der Waals surface area contributed by atoms with Crippen LogP contribution in [0.5, 0.6) is 0 Å². The number of hydrogen-bond donors (Lipinski definition) is 1. The molecule has 1 atom stereocenters. The van der Waals surface area contributed by atoms with Crippen LogP contribution < -0.4 is 0 Å². The largest absolute Gasteiger partial charge is 0.391 e. The van der Waals surface area contributed by atoms with Crippen molar-refractivity contribution in [1.29, 1.82) is 0 Å². The van der Waals surface area contributed by atoms with Crippen molar-refractivity contribution in [1.82, 2.24) is 4.90 Å². The van der Waals surface area contributed by atoms with Gasteiger partial charge in [-0.25, -0.2) is 0 Å². The van der Waals surface area contributed by atoms with E-state index < -0.39 is 0 Å². The smallest absolute Gasteiger partial charge is 0.253 e. The van der Waals surface area contributed by atoms with E-state index in [1.165, 1.54) is 0 Å². The summed E-state index contributed by atoms with van der Waals surface area (Å²) in [5.74, 6) is 0.0309. The molecule has 1 aromatic rings. The van der Waals surface area contributed by atoms with Crippen LogP contribution in [-0.4, -0.2) is 35.1 Å². The molecule has 0 radical (unpaired) electrons. The van der Waals surface area contributed by atoms with Crippen molar-refractivity contribution in [3.05, 3.63) is 34.9 Å². The monoisotopic (exact) mass is 219 g/mol. The van der Waals surface area contributed by atoms with Crippen molar-refractivity contribution in [2.45, 2.75) is 26.4 Å². The normalized spacial score (nSPS) is 20.2. The highest BCUT2D eigenvalue weighted by Crippen LogP contribution is 2.15. The predicted molar refractivity (Wildman–Crippen MR) is 62.4 cm³/mol. The lowest BCUT2D eigenvalue weighted by molar-refractivity contribution is 0.0765. The third kappa shape index (κ3) is 2.25. The van der Waals surface area contributed by atoms with E-state index in [4.69, 9.17) is 0 Å². The van der Waals surface area contributed by atoms with Gasteiger partial charge in [-0.3, -0.25) is 4.79 Å². The maximum Gasteiger partial charge on any atom is 0.253 e. The number of aliphatic hydroxyl groups excluding tert-OH is 1. The number of aryl methyl sites for hydroxylation is 2. The van der Waals surface area contributed by atoms with Crippen LogP contribution in [0.4, 0.5) is 0 Å². The number of carbonyl (C=O) groups is 1. The maximum atomic E-state index is 12.1. The zero-order valence-electron chi connectivity index (χ0n) is 9.73. The number of aliphatic hydroxyl groups is 1. The molecule has 16 heavy (non-hydrogen) atoms. The number of nitrogens with zero attached hydrogens (tertiary/aromatic N) is 1. The molecule has 1 amide bonds. The van der Waals surface area contributed by atoms with Crippen LogP contribution in [0, 0.1) is 13.8 Å². The molecule has 86 valence electrons. The van der Waals surface area contributed by atoms with Gasteiger partial charge in [-0.1, -0.05) is 17.2 Å². The molecule has 1 N–H and O–H groups in total. The molecule has 0 bridgehead atoms. The topological polar surface area (TPSA) is 40.5 Å². The second-order valence-corrected chi connectivity index (χ2v) is 4.57. The minimum atomic E-state index is -0.352. The van der Waals surface area contributed by atoms with Crippen molar-refractivity contribution >= 4 is 5.91 Å². The number of hydrogen-bond acceptors (Lipinski definition) is 2. The first-order valence-electron chi connectivity index (χ1n) is 5.62. The maximum absolute atomic E-state index is 12.1. The highest BCUT2D eigenvalue weighted by atomic mass is 16.3. The summed E-state index contributed by atoms with van der Waals surface area (Å²) in [6.45, 7) is 5.10. The van der Waals surface area contributed by atoms with Gasteiger partial charge in [0, 0.05) is 18.7 Å². The minimum Gasteiger partial charge on any atom is -0.391 e. The third-order valence-corrected chi connectivity index (χ3v) is 2.92. The standard InChI is InChI=1S/C13H17NO2/c1-9-5-10(2)7-11(6-9)13(16)14-4-3-12(15)8-14/h5-7,12,15H,3-4,8H2,1-2H3/t12-/m0/s1. The van der Waals surface area contributed by atoms with Gasteiger partial charge in [0.1, 0.15) is 0 Å². The van der Waals surface area contributed by atoms with E-state index in [9.17, 15) is 9.90 Å². The highest BCUT2D eigenvalue weighted by molar-refractivity contribution is 5.94. The Labute approximate surface area is 95.7 Å². The molecule has 0 spiro atoms. The number of amides is 1. The van der Waals surface area contributed by atoms with Crippen LogP contribution >= 0.6 is 0 Å². The number of rotatable bonds is 1. The van der Waals surface area contributed by atoms with E-state index in [-0.39, 0.29) is 12.0 Å². The van der Waals surface area contributed by atoms with Crippen LogP contribution in [-0.2, 0) is 0 Å². The fourth-order valence-corrected chi connectivity index (χ4v) is 2.21. The van der Waals surface area contributed by atoms with Crippen LogP contribution in [0.3, 0.4) is 0 Å². The third-order valence-electron chi connectivity index (χ3n) is 2.92. The Balaban J connectivity index is 2.20. The SMILES string of the molecule is Cc1cc(C)cc(C(=O)N2CC[C@H](O)C2)c1. The lowest BCUT2D eigenvalue weighted by Crippen LogP contribution is -2.29. The molecule has 1 fully saturated rings. The Kier molecular flexibility index (Phi) is 2.97. The molecule has 0 saturated carbocycles. The van der Waals surface area contributed by atoms with Crippen molar-refractivity contribution in [2.24, 2.45) is 0 Å². The minimum absolute atomic E-state index is 0.0309. The van der Waals surface area contributed by atoms with Crippen LogP contribution in [0.15, 0.2) is 18.2 Å². The van der Waals surface area contributed by atoms with Gasteiger partial charge in [-0.2, -0.15) is 0 Å². The van der Waals surface area contributed by atoms with E-state index in [0.717, 1.165) is 16.7 Å². The van der Waals surface area contributed by atoms with E-state index in [1.54, 1.807) is 4.90 Å². The number of β-amino-alcohol motifs (C(OH)–C–C–N with tert-alkyl or cyclic N) is 1. The van der Waals surface area contributed by atoms with Gasteiger partial charge in [-0.15, -0.1) is 0 Å². The van der Waals surface area contributed by atoms with Gasteiger partial charge in [0.2, 0.25) is 0 Å². The molecule has 1 aliphatic heterocycles. The van der Waals surface area contributed by atoms with Crippen molar-refractivity contribution in [3.8, 4) is 0 Å². The molecule has 1 aromatic carbocycles. The number of benzene rings is 1. The summed E-state index contributed by atoms with van der Waals surface area (Å²) >= 11 is 0. The Morgan fingerprint density at radius 3 is 2.44 bits per heavy atom. The van der Waals surface area contributed by atoms with Gasteiger partial charge in [0.25, 0.3) is 5.91 Å². The zero-order valence-corrected chi connectivity index (χ0v) is 9.73. The fourth-order valence-electron chi connectivity index (χ4n) is 2.21. The second kappa shape index (κ2) is 4.26.